The van der Waals surface area contributed by atoms with E-state index in [4.69, 9.17) is 9.73 Å². The molecule has 1 amide bonds. The average Bonchev–Trinajstić information content (AvgIpc) is 3.40. The van der Waals surface area contributed by atoms with Gasteiger partial charge in [-0.1, -0.05) is 48.2 Å². The number of amides is 1. The van der Waals surface area contributed by atoms with E-state index in [9.17, 15) is 4.79 Å². The van der Waals surface area contributed by atoms with Gasteiger partial charge in [0.25, 0.3) is 5.91 Å². The molecule has 8 heteroatoms. The normalized spacial score (nSPS) is 18.4. The Bertz CT molecular complexity index is 1550. The largest absolute Gasteiger partial charge is 0.497 e. The summed E-state index contributed by atoms with van der Waals surface area (Å²) in [6.07, 6.45) is 1.77. The van der Waals surface area contributed by atoms with Gasteiger partial charge in [0.15, 0.2) is 5.17 Å². The van der Waals surface area contributed by atoms with Crippen LogP contribution < -0.4 is 9.64 Å². The number of rotatable bonds is 4. The molecule has 0 aliphatic carbocycles. The third-order valence-corrected chi connectivity index (χ3v) is 8.55. The van der Waals surface area contributed by atoms with Crippen LogP contribution in [0.25, 0.3) is 10.9 Å². The first-order valence-electron chi connectivity index (χ1n) is 11.4. The lowest BCUT2D eigenvalue weighted by Gasteiger charge is -2.17. The van der Waals surface area contributed by atoms with Crippen LogP contribution in [-0.2, 0) is 11.3 Å². The number of amidine groups is 1. The van der Waals surface area contributed by atoms with Crippen molar-refractivity contribution in [2.75, 3.05) is 19.1 Å². The van der Waals surface area contributed by atoms with Crippen LogP contribution >= 0.6 is 23.5 Å². The minimum absolute atomic E-state index is 0.0462. The fourth-order valence-electron chi connectivity index (χ4n) is 4.26. The summed E-state index contributed by atoms with van der Waals surface area (Å²) in [5.74, 6) is 0.741. The third-order valence-electron chi connectivity index (χ3n) is 6.12. The number of aliphatic imine (C=N–C) groups is 1. The van der Waals surface area contributed by atoms with Gasteiger partial charge in [-0.05, 0) is 53.7 Å². The third kappa shape index (κ3) is 4.02. The topological polar surface area (TPSA) is 58.0 Å². The van der Waals surface area contributed by atoms with Crippen molar-refractivity contribution in [3.63, 3.8) is 0 Å². The Morgan fingerprint density at radius 3 is 2.67 bits per heavy atom. The van der Waals surface area contributed by atoms with E-state index in [-0.39, 0.29) is 5.91 Å². The van der Waals surface area contributed by atoms with Gasteiger partial charge in [0.05, 0.1) is 35.6 Å². The van der Waals surface area contributed by atoms with Crippen molar-refractivity contribution in [3.8, 4) is 5.75 Å². The maximum Gasteiger partial charge on any atom is 0.269 e. The molecule has 0 spiro atoms. The molecule has 0 unspecified atom stereocenters. The number of hydrogen-bond donors (Lipinski definition) is 0. The van der Waals surface area contributed by atoms with Crippen LogP contribution in [0.3, 0.4) is 0 Å². The number of methoxy groups -OCH3 is 1. The summed E-state index contributed by atoms with van der Waals surface area (Å²) < 4.78 is 5.42. The minimum Gasteiger partial charge on any atom is -0.497 e. The van der Waals surface area contributed by atoms with Gasteiger partial charge in [-0.2, -0.15) is 0 Å². The lowest BCUT2D eigenvalue weighted by Crippen LogP contribution is -2.29. The summed E-state index contributed by atoms with van der Waals surface area (Å²) in [6.45, 7) is 0.445. The summed E-state index contributed by atoms with van der Waals surface area (Å²) in [7, 11) is 3.65. The SMILES string of the molecule is COc1ccc2c(c1)N(C)/C(=C1/SC(=Nc3cccc4ncccc34)N(Cc3ccccc3)C1=O)S2. The Balaban J connectivity index is 1.44. The molecule has 0 bridgehead atoms. The number of benzene rings is 3. The summed E-state index contributed by atoms with van der Waals surface area (Å²) >= 11 is 3.02. The van der Waals surface area contributed by atoms with Gasteiger partial charge in [0, 0.05) is 29.6 Å². The molecule has 3 aromatic carbocycles. The van der Waals surface area contributed by atoms with Crippen molar-refractivity contribution >= 4 is 56.9 Å². The van der Waals surface area contributed by atoms with Crippen LogP contribution in [0.1, 0.15) is 5.56 Å². The van der Waals surface area contributed by atoms with E-state index >= 15 is 0 Å². The molecule has 0 radical (unpaired) electrons. The fraction of sp³-hybridized carbons (Fsp3) is 0.107. The monoisotopic (exact) mass is 510 g/mol. The second-order valence-electron chi connectivity index (χ2n) is 8.35. The van der Waals surface area contributed by atoms with Gasteiger partial charge in [-0.3, -0.25) is 14.7 Å². The van der Waals surface area contributed by atoms with E-state index in [2.05, 4.69) is 9.88 Å². The molecule has 6 nitrogen and oxygen atoms in total. The molecule has 1 fully saturated rings. The number of ether oxygens (including phenoxy) is 1. The highest BCUT2D eigenvalue weighted by Gasteiger charge is 2.39. The van der Waals surface area contributed by atoms with E-state index < -0.39 is 0 Å². The molecule has 36 heavy (non-hydrogen) atoms. The molecule has 4 aromatic rings. The Morgan fingerprint density at radius 1 is 0.972 bits per heavy atom. The molecule has 1 saturated heterocycles. The van der Waals surface area contributed by atoms with E-state index in [1.54, 1.807) is 30.0 Å². The summed E-state index contributed by atoms with van der Waals surface area (Å²) in [6, 6.07) is 25.8. The fourth-order valence-corrected chi connectivity index (χ4v) is 6.58. The quantitative estimate of drug-likeness (QED) is 0.296. The van der Waals surface area contributed by atoms with Crippen molar-refractivity contribution in [3.05, 3.63) is 101 Å². The number of carbonyl (C=O) groups is 1. The molecule has 0 atom stereocenters. The summed E-state index contributed by atoms with van der Waals surface area (Å²) in [4.78, 5) is 28.9. The Hall–Kier alpha value is -3.75. The number of fused-ring (bicyclic) bond motifs is 2. The number of hydrogen-bond acceptors (Lipinski definition) is 7. The van der Waals surface area contributed by atoms with Crippen molar-refractivity contribution in [1.29, 1.82) is 0 Å². The molecule has 6 rings (SSSR count). The first kappa shape index (κ1) is 22.7. The van der Waals surface area contributed by atoms with Crippen molar-refractivity contribution in [1.82, 2.24) is 9.88 Å². The lowest BCUT2D eigenvalue weighted by molar-refractivity contribution is -0.122. The highest BCUT2D eigenvalue weighted by molar-refractivity contribution is 8.19. The van der Waals surface area contributed by atoms with Crippen LogP contribution in [0.5, 0.6) is 5.75 Å². The highest BCUT2D eigenvalue weighted by atomic mass is 32.2. The first-order valence-corrected chi connectivity index (χ1v) is 13.1. The van der Waals surface area contributed by atoms with Gasteiger partial charge in [0.1, 0.15) is 10.7 Å². The van der Waals surface area contributed by atoms with Crippen molar-refractivity contribution < 1.29 is 9.53 Å². The van der Waals surface area contributed by atoms with E-state index in [1.165, 1.54) is 11.8 Å². The number of thioether (sulfide) groups is 2. The molecule has 2 aliphatic heterocycles. The zero-order valence-corrected chi connectivity index (χ0v) is 21.3. The number of pyridine rings is 1. The number of anilines is 1. The molecular weight excluding hydrogens is 488 g/mol. The maximum absolute atomic E-state index is 13.9. The number of carbonyl (C=O) groups excluding carboxylic acids is 1. The predicted octanol–water partition coefficient (Wildman–Crippen LogP) is 6.42. The highest BCUT2D eigenvalue weighted by Crippen LogP contribution is 2.51. The first-order chi connectivity index (χ1) is 17.6. The zero-order chi connectivity index (χ0) is 24.6. The van der Waals surface area contributed by atoms with Crippen molar-refractivity contribution in [2.45, 2.75) is 11.4 Å². The number of nitrogens with zero attached hydrogens (tertiary/aromatic N) is 4. The smallest absolute Gasteiger partial charge is 0.269 e. The molecule has 3 heterocycles. The minimum atomic E-state index is -0.0462. The van der Waals surface area contributed by atoms with Gasteiger partial charge >= 0.3 is 0 Å². The standard InChI is InChI=1S/C28H22N4O2S2/c1-31-23-16-19(34-2)13-14-24(23)35-27(31)25-26(33)32(17-18-8-4-3-5-9-18)28(36-25)30-22-12-6-11-21-20(22)10-7-15-29-21/h3-16H,17H2,1-2H3/b27-25-,30-28?. The van der Waals surface area contributed by atoms with E-state index in [0.717, 1.165) is 43.5 Å². The van der Waals surface area contributed by atoms with Crippen LogP contribution in [0.4, 0.5) is 11.4 Å². The maximum atomic E-state index is 13.9. The van der Waals surface area contributed by atoms with Crippen LogP contribution in [0, 0.1) is 0 Å². The molecule has 0 N–H and O–H groups in total. The summed E-state index contributed by atoms with van der Waals surface area (Å²) in [5, 5.41) is 2.51. The Labute approximate surface area is 217 Å². The molecule has 0 saturated carbocycles. The Morgan fingerprint density at radius 2 is 1.83 bits per heavy atom. The van der Waals surface area contributed by atoms with Crippen LogP contribution in [0.2, 0.25) is 0 Å². The molecule has 2 aliphatic rings. The predicted molar refractivity (Wildman–Crippen MR) is 148 cm³/mol. The van der Waals surface area contributed by atoms with Gasteiger partial charge in [-0.25, -0.2) is 4.99 Å². The van der Waals surface area contributed by atoms with Crippen LogP contribution in [-0.4, -0.2) is 35.1 Å². The van der Waals surface area contributed by atoms with Gasteiger partial charge in [-0.15, -0.1) is 0 Å². The zero-order valence-electron chi connectivity index (χ0n) is 19.7. The number of aromatic nitrogens is 1. The van der Waals surface area contributed by atoms with Gasteiger partial charge in [0.2, 0.25) is 0 Å². The molecular formula is C28H22N4O2S2. The van der Waals surface area contributed by atoms with Gasteiger partial charge < -0.3 is 9.64 Å². The summed E-state index contributed by atoms with van der Waals surface area (Å²) in [5.41, 5.74) is 3.74. The molecule has 1 aromatic heterocycles. The Kier molecular flexibility index (Phi) is 5.91. The molecule has 178 valence electrons. The lowest BCUT2D eigenvalue weighted by atomic mass is 10.2. The second-order valence-corrected chi connectivity index (χ2v) is 10.4. The average molecular weight is 511 g/mol. The van der Waals surface area contributed by atoms with Crippen molar-refractivity contribution in [2.24, 2.45) is 4.99 Å². The van der Waals surface area contributed by atoms with E-state index in [1.807, 2.05) is 85.9 Å². The second kappa shape index (κ2) is 9.37. The van der Waals surface area contributed by atoms with E-state index in [0.29, 0.717) is 16.6 Å². The van der Waals surface area contributed by atoms with Crippen LogP contribution in [0.15, 0.2) is 105 Å².